The number of aromatic nitrogens is 1. The number of benzene rings is 1. The molecule has 1 aromatic heterocycles. The number of pyridine rings is 1. The summed E-state index contributed by atoms with van der Waals surface area (Å²) in [5, 5.41) is 3.97. The van der Waals surface area contributed by atoms with Gasteiger partial charge in [-0.25, -0.2) is 5.43 Å². The molecule has 2 rings (SSSR count). The van der Waals surface area contributed by atoms with E-state index in [1.54, 1.807) is 30.7 Å². The third-order valence-corrected chi connectivity index (χ3v) is 2.75. The van der Waals surface area contributed by atoms with E-state index in [4.69, 9.17) is 0 Å². The molecular weight excluding hydrogens is 238 g/mol. The van der Waals surface area contributed by atoms with E-state index in [-0.39, 0.29) is 5.91 Å². The van der Waals surface area contributed by atoms with E-state index in [9.17, 15) is 4.79 Å². The molecule has 1 heterocycles. The number of amides is 1. The molecule has 0 bridgehead atoms. The topological polar surface area (TPSA) is 54.4 Å². The first-order chi connectivity index (χ1) is 9.16. The summed E-state index contributed by atoms with van der Waals surface area (Å²) in [5.74, 6) is -0.246. The molecule has 1 aromatic carbocycles. The van der Waals surface area contributed by atoms with Gasteiger partial charge in [0.15, 0.2) is 0 Å². The van der Waals surface area contributed by atoms with Crippen molar-refractivity contribution >= 4 is 12.1 Å². The molecule has 0 spiro atoms. The van der Waals surface area contributed by atoms with Gasteiger partial charge in [0, 0.05) is 18.0 Å². The van der Waals surface area contributed by atoms with Crippen LogP contribution in [0.2, 0.25) is 0 Å². The lowest BCUT2D eigenvalue weighted by Gasteiger charge is -2.02. The number of carbonyl (C=O) groups excluding carboxylic acids is 1. The number of aryl methyl sites for hydroxylation is 2. The quantitative estimate of drug-likeness (QED) is 0.674. The SMILES string of the molecule is Cc1ccc(C)c(/C=N\NC(=O)c2ccncc2)c1. The zero-order valence-corrected chi connectivity index (χ0v) is 10.9. The number of nitrogens with zero attached hydrogens (tertiary/aromatic N) is 2. The molecule has 0 saturated heterocycles. The maximum atomic E-state index is 11.7. The van der Waals surface area contributed by atoms with E-state index in [0.29, 0.717) is 5.56 Å². The van der Waals surface area contributed by atoms with Crippen LogP contribution >= 0.6 is 0 Å². The lowest BCUT2D eigenvalue weighted by Crippen LogP contribution is -2.17. The molecule has 0 aliphatic carbocycles. The maximum Gasteiger partial charge on any atom is 0.271 e. The first kappa shape index (κ1) is 13.0. The fourth-order valence-corrected chi connectivity index (χ4v) is 1.63. The molecule has 0 fully saturated rings. The molecule has 4 nitrogen and oxygen atoms in total. The van der Waals surface area contributed by atoms with Crippen molar-refractivity contribution in [2.75, 3.05) is 0 Å². The number of carbonyl (C=O) groups is 1. The molecule has 1 N–H and O–H groups in total. The van der Waals surface area contributed by atoms with Gasteiger partial charge in [-0.3, -0.25) is 9.78 Å². The van der Waals surface area contributed by atoms with Crippen molar-refractivity contribution in [3.63, 3.8) is 0 Å². The van der Waals surface area contributed by atoms with Crippen LogP contribution in [-0.2, 0) is 0 Å². The highest BCUT2D eigenvalue weighted by atomic mass is 16.2. The predicted molar refractivity (Wildman–Crippen MR) is 75.2 cm³/mol. The molecule has 0 atom stereocenters. The summed E-state index contributed by atoms with van der Waals surface area (Å²) in [6.07, 6.45) is 4.80. The Balaban J connectivity index is 2.04. The zero-order chi connectivity index (χ0) is 13.7. The fourth-order valence-electron chi connectivity index (χ4n) is 1.63. The zero-order valence-electron chi connectivity index (χ0n) is 10.9. The van der Waals surface area contributed by atoms with Crippen molar-refractivity contribution in [3.8, 4) is 0 Å². The molecule has 0 radical (unpaired) electrons. The Bertz CT molecular complexity index is 606. The second-order valence-corrected chi connectivity index (χ2v) is 4.30. The van der Waals surface area contributed by atoms with Crippen LogP contribution in [0, 0.1) is 13.8 Å². The van der Waals surface area contributed by atoms with Crippen molar-refractivity contribution in [1.29, 1.82) is 0 Å². The van der Waals surface area contributed by atoms with Crippen molar-refractivity contribution in [3.05, 3.63) is 65.0 Å². The second-order valence-electron chi connectivity index (χ2n) is 4.30. The van der Waals surface area contributed by atoms with E-state index in [2.05, 4.69) is 15.5 Å². The lowest BCUT2D eigenvalue weighted by atomic mass is 10.1. The molecule has 4 heteroatoms. The Morgan fingerprint density at radius 3 is 2.68 bits per heavy atom. The molecule has 0 unspecified atom stereocenters. The van der Waals surface area contributed by atoms with Crippen molar-refractivity contribution in [2.45, 2.75) is 13.8 Å². The van der Waals surface area contributed by atoms with Crippen LogP contribution in [-0.4, -0.2) is 17.1 Å². The number of nitrogens with one attached hydrogen (secondary N) is 1. The third kappa shape index (κ3) is 3.48. The van der Waals surface area contributed by atoms with Gasteiger partial charge < -0.3 is 0 Å². The first-order valence-corrected chi connectivity index (χ1v) is 5.97. The number of rotatable bonds is 3. The van der Waals surface area contributed by atoms with Gasteiger partial charge in [0.1, 0.15) is 0 Å². The van der Waals surface area contributed by atoms with Crippen LogP contribution in [0.3, 0.4) is 0 Å². The summed E-state index contributed by atoms with van der Waals surface area (Å²) >= 11 is 0. The normalized spacial score (nSPS) is 10.6. The van der Waals surface area contributed by atoms with E-state index < -0.39 is 0 Å². The van der Waals surface area contributed by atoms with Crippen molar-refractivity contribution in [2.24, 2.45) is 5.10 Å². The number of hydrogen-bond acceptors (Lipinski definition) is 3. The number of hydrazone groups is 1. The maximum absolute atomic E-state index is 11.7. The van der Waals surface area contributed by atoms with Crippen LogP contribution in [0.4, 0.5) is 0 Å². The van der Waals surface area contributed by atoms with Crippen LogP contribution < -0.4 is 5.43 Å². The monoisotopic (exact) mass is 253 g/mol. The third-order valence-electron chi connectivity index (χ3n) is 2.75. The average Bonchev–Trinajstić information content (AvgIpc) is 2.43. The van der Waals surface area contributed by atoms with E-state index in [1.807, 2.05) is 32.0 Å². The van der Waals surface area contributed by atoms with Gasteiger partial charge in [-0.15, -0.1) is 0 Å². The van der Waals surface area contributed by atoms with Crippen LogP contribution in [0.5, 0.6) is 0 Å². The summed E-state index contributed by atoms with van der Waals surface area (Å²) in [6, 6.07) is 9.38. The van der Waals surface area contributed by atoms with Gasteiger partial charge in [-0.05, 0) is 37.1 Å². The molecule has 2 aromatic rings. The van der Waals surface area contributed by atoms with Crippen LogP contribution in [0.15, 0.2) is 47.8 Å². The van der Waals surface area contributed by atoms with Crippen LogP contribution in [0.25, 0.3) is 0 Å². The summed E-state index contributed by atoms with van der Waals surface area (Å²) in [4.78, 5) is 15.6. The summed E-state index contributed by atoms with van der Waals surface area (Å²) < 4.78 is 0. The largest absolute Gasteiger partial charge is 0.271 e. The molecule has 0 aliphatic rings. The molecule has 19 heavy (non-hydrogen) atoms. The minimum Gasteiger partial charge on any atom is -0.267 e. The van der Waals surface area contributed by atoms with E-state index in [1.165, 1.54) is 0 Å². The second kappa shape index (κ2) is 5.91. The Labute approximate surface area is 112 Å². The summed E-state index contributed by atoms with van der Waals surface area (Å²) in [7, 11) is 0. The number of hydrogen-bond donors (Lipinski definition) is 1. The van der Waals surface area contributed by atoms with Gasteiger partial charge in [0.25, 0.3) is 5.91 Å². The highest BCUT2D eigenvalue weighted by molar-refractivity contribution is 5.94. The Hall–Kier alpha value is -2.49. The van der Waals surface area contributed by atoms with Crippen molar-refractivity contribution < 1.29 is 4.79 Å². The van der Waals surface area contributed by atoms with Gasteiger partial charge in [-0.1, -0.05) is 23.8 Å². The van der Waals surface area contributed by atoms with Crippen LogP contribution in [0.1, 0.15) is 27.0 Å². The minimum absolute atomic E-state index is 0.246. The highest BCUT2D eigenvalue weighted by Gasteiger charge is 2.02. The molecular formula is C15H15N3O. The highest BCUT2D eigenvalue weighted by Crippen LogP contribution is 2.07. The smallest absolute Gasteiger partial charge is 0.267 e. The Kier molecular flexibility index (Phi) is 4.03. The van der Waals surface area contributed by atoms with E-state index >= 15 is 0 Å². The minimum atomic E-state index is -0.246. The lowest BCUT2D eigenvalue weighted by molar-refractivity contribution is 0.0955. The standard InChI is InChI=1S/C15H15N3O/c1-11-3-4-12(2)14(9-11)10-17-18-15(19)13-5-7-16-8-6-13/h3-10H,1-2H3,(H,18,19)/b17-10-. The summed E-state index contributed by atoms with van der Waals surface area (Å²) in [6.45, 7) is 4.03. The van der Waals surface area contributed by atoms with Gasteiger partial charge >= 0.3 is 0 Å². The fraction of sp³-hybridized carbons (Fsp3) is 0.133. The van der Waals surface area contributed by atoms with E-state index in [0.717, 1.165) is 16.7 Å². The molecule has 1 amide bonds. The predicted octanol–water partition coefficient (Wildman–Crippen LogP) is 2.46. The van der Waals surface area contributed by atoms with Gasteiger partial charge in [0.2, 0.25) is 0 Å². The molecule has 96 valence electrons. The Morgan fingerprint density at radius 2 is 1.95 bits per heavy atom. The average molecular weight is 253 g/mol. The Morgan fingerprint density at radius 1 is 1.21 bits per heavy atom. The van der Waals surface area contributed by atoms with Crippen molar-refractivity contribution in [1.82, 2.24) is 10.4 Å². The van der Waals surface area contributed by atoms with Gasteiger partial charge in [-0.2, -0.15) is 5.10 Å². The molecule has 0 saturated carbocycles. The van der Waals surface area contributed by atoms with Gasteiger partial charge in [0.05, 0.1) is 6.21 Å². The molecule has 0 aliphatic heterocycles. The summed E-state index contributed by atoms with van der Waals surface area (Å²) in [5.41, 5.74) is 6.31. The first-order valence-electron chi connectivity index (χ1n) is 5.97.